The molecule has 0 saturated carbocycles. The largest absolute Gasteiger partial charge is 0.492 e. The van der Waals surface area contributed by atoms with E-state index in [0.29, 0.717) is 55.9 Å². The molecule has 3 rings (SSSR count). The van der Waals surface area contributed by atoms with E-state index in [2.05, 4.69) is 15.3 Å². The number of hydrogen-bond acceptors (Lipinski definition) is 6. The second kappa shape index (κ2) is 8.48. The van der Waals surface area contributed by atoms with Crippen LogP contribution in [-0.4, -0.2) is 64.9 Å². The monoisotopic (exact) mass is 369 g/mol. The second-order valence-corrected chi connectivity index (χ2v) is 6.17. The number of carbonyl (C=O) groups excluding carboxylic acids is 2. The molecule has 2 amide bonds. The first-order valence-electron chi connectivity index (χ1n) is 8.94. The number of piperazine rings is 1. The Hall–Kier alpha value is -3.16. The smallest absolute Gasteiger partial charge is 0.272 e. The zero-order valence-electron chi connectivity index (χ0n) is 15.5. The van der Waals surface area contributed by atoms with Crippen molar-refractivity contribution in [3.05, 3.63) is 41.9 Å². The molecule has 1 aromatic carbocycles. The number of aromatic nitrogens is 2. The lowest BCUT2D eigenvalue weighted by Crippen LogP contribution is -2.48. The number of carbonyl (C=O) groups is 2. The number of amides is 2. The van der Waals surface area contributed by atoms with Gasteiger partial charge in [-0.1, -0.05) is 12.1 Å². The van der Waals surface area contributed by atoms with Gasteiger partial charge in [0.15, 0.2) is 0 Å². The van der Waals surface area contributed by atoms with Gasteiger partial charge in [-0.2, -0.15) is 0 Å². The quantitative estimate of drug-likeness (QED) is 0.782. The molecule has 1 aliphatic rings. The summed E-state index contributed by atoms with van der Waals surface area (Å²) in [5.74, 6) is 1.59. The van der Waals surface area contributed by atoms with Gasteiger partial charge < -0.3 is 19.9 Å². The topological polar surface area (TPSA) is 87.7 Å². The molecule has 1 saturated heterocycles. The molecule has 0 radical (unpaired) electrons. The Kier molecular flexibility index (Phi) is 5.85. The molecule has 0 bridgehead atoms. The maximum Gasteiger partial charge on any atom is 0.272 e. The fourth-order valence-electron chi connectivity index (χ4n) is 2.92. The lowest BCUT2D eigenvalue weighted by molar-refractivity contribution is -0.119. The maximum absolute atomic E-state index is 12.8. The van der Waals surface area contributed by atoms with E-state index >= 15 is 0 Å². The van der Waals surface area contributed by atoms with E-state index in [1.165, 1.54) is 0 Å². The summed E-state index contributed by atoms with van der Waals surface area (Å²) in [6.07, 6.45) is 0.814. The number of benzene rings is 1. The first-order valence-corrected chi connectivity index (χ1v) is 8.94. The molecule has 0 atom stereocenters. The van der Waals surface area contributed by atoms with Crippen molar-refractivity contribution in [2.24, 2.45) is 0 Å². The van der Waals surface area contributed by atoms with Crippen molar-refractivity contribution < 1.29 is 14.3 Å². The molecular weight excluding hydrogens is 346 g/mol. The van der Waals surface area contributed by atoms with E-state index in [4.69, 9.17) is 4.74 Å². The minimum absolute atomic E-state index is 0.160. The molecule has 0 spiro atoms. The van der Waals surface area contributed by atoms with E-state index in [0.717, 1.165) is 12.1 Å². The first-order chi connectivity index (χ1) is 13.1. The van der Waals surface area contributed by atoms with Gasteiger partial charge in [0.25, 0.3) is 5.91 Å². The molecule has 8 nitrogen and oxygen atoms in total. The number of aryl methyl sites for hydroxylation is 1. The fourth-order valence-corrected chi connectivity index (χ4v) is 2.92. The van der Waals surface area contributed by atoms with Crippen molar-refractivity contribution in [2.45, 2.75) is 13.8 Å². The first kappa shape index (κ1) is 18.6. The lowest BCUT2D eigenvalue weighted by atomic mass is 10.2. The van der Waals surface area contributed by atoms with Crippen LogP contribution in [0.25, 0.3) is 0 Å². The van der Waals surface area contributed by atoms with E-state index in [1.54, 1.807) is 22.8 Å². The van der Waals surface area contributed by atoms with Gasteiger partial charge in [0.2, 0.25) is 6.41 Å². The van der Waals surface area contributed by atoms with Crippen LogP contribution in [0, 0.1) is 6.92 Å². The molecule has 0 aliphatic carbocycles. The Morgan fingerprint density at radius 3 is 2.67 bits per heavy atom. The van der Waals surface area contributed by atoms with Crippen molar-refractivity contribution in [1.29, 1.82) is 0 Å². The zero-order valence-corrected chi connectivity index (χ0v) is 15.5. The number of ether oxygens (including phenoxy) is 1. The van der Waals surface area contributed by atoms with E-state index < -0.39 is 0 Å². The molecule has 1 fully saturated rings. The Morgan fingerprint density at radius 2 is 1.96 bits per heavy atom. The number of nitrogens with zero attached hydrogens (tertiary/aromatic N) is 4. The zero-order chi connectivity index (χ0) is 19.2. The van der Waals surface area contributed by atoms with E-state index in [9.17, 15) is 9.59 Å². The third-order valence-corrected chi connectivity index (χ3v) is 4.26. The minimum atomic E-state index is -0.160. The summed E-state index contributed by atoms with van der Waals surface area (Å²) in [6, 6.07) is 9.21. The molecule has 1 N–H and O–H groups in total. The van der Waals surface area contributed by atoms with Crippen molar-refractivity contribution in [3.8, 4) is 5.75 Å². The summed E-state index contributed by atoms with van der Waals surface area (Å²) >= 11 is 0. The normalized spacial score (nSPS) is 14.0. The summed E-state index contributed by atoms with van der Waals surface area (Å²) in [5, 5.41) is 3.21. The summed E-state index contributed by atoms with van der Waals surface area (Å²) in [6.45, 7) is 6.29. The Labute approximate surface area is 158 Å². The van der Waals surface area contributed by atoms with Gasteiger partial charge >= 0.3 is 0 Å². The van der Waals surface area contributed by atoms with Gasteiger partial charge in [-0.05, 0) is 26.0 Å². The molecule has 8 heteroatoms. The third kappa shape index (κ3) is 4.52. The van der Waals surface area contributed by atoms with Crippen molar-refractivity contribution in [1.82, 2.24) is 19.8 Å². The average Bonchev–Trinajstić information content (AvgIpc) is 2.69. The van der Waals surface area contributed by atoms with Gasteiger partial charge in [0, 0.05) is 32.2 Å². The third-order valence-electron chi connectivity index (χ3n) is 4.26. The highest BCUT2D eigenvalue weighted by Crippen LogP contribution is 2.27. The minimum Gasteiger partial charge on any atom is -0.492 e. The molecule has 2 heterocycles. The fraction of sp³-hybridized carbons (Fsp3) is 0.368. The highest BCUT2D eigenvalue weighted by Gasteiger charge is 2.23. The van der Waals surface area contributed by atoms with Crippen LogP contribution in [0.3, 0.4) is 0 Å². The predicted molar refractivity (Wildman–Crippen MR) is 101 cm³/mol. The molecule has 1 aliphatic heterocycles. The van der Waals surface area contributed by atoms with Crippen LogP contribution in [0.4, 0.5) is 11.5 Å². The van der Waals surface area contributed by atoms with Crippen molar-refractivity contribution >= 4 is 23.8 Å². The maximum atomic E-state index is 12.8. The Morgan fingerprint density at radius 1 is 1.22 bits per heavy atom. The summed E-state index contributed by atoms with van der Waals surface area (Å²) in [5.41, 5.74) is 1.11. The van der Waals surface area contributed by atoms with Crippen LogP contribution in [0.1, 0.15) is 23.2 Å². The van der Waals surface area contributed by atoms with Crippen LogP contribution < -0.4 is 10.1 Å². The SMILES string of the molecule is CCOc1ccccc1Nc1cc(C(=O)N2CCN(C=O)CC2)nc(C)n1. The number of nitrogens with one attached hydrogen (secondary N) is 1. The molecular formula is C19H23N5O3. The van der Waals surface area contributed by atoms with Crippen LogP contribution in [-0.2, 0) is 4.79 Å². The van der Waals surface area contributed by atoms with Gasteiger partial charge in [0.1, 0.15) is 23.1 Å². The summed E-state index contributed by atoms with van der Waals surface area (Å²) < 4.78 is 5.62. The average molecular weight is 369 g/mol. The molecule has 0 unspecified atom stereocenters. The van der Waals surface area contributed by atoms with E-state index in [1.807, 2.05) is 31.2 Å². The highest BCUT2D eigenvalue weighted by atomic mass is 16.5. The summed E-state index contributed by atoms with van der Waals surface area (Å²) in [7, 11) is 0. The summed E-state index contributed by atoms with van der Waals surface area (Å²) in [4.78, 5) is 35.7. The van der Waals surface area contributed by atoms with Gasteiger partial charge in [-0.3, -0.25) is 9.59 Å². The van der Waals surface area contributed by atoms with Gasteiger partial charge in [0.05, 0.1) is 12.3 Å². The highest BCUT2D eigenvalue weighted by molar-refractivity contribution is 5.93. The lowest BCUT2D eigenvalue weighted by Gasteiger charge is -2.32. The molecule has 2 aromatic rings. The number of rotatable bonds is 6. The van der Waals surface area contributed by atoms with Crippen LogP contribution in [0.2, 0.25) is 0 Å². The number of para-hydroxylation sites is 2. The van der Waals surface area contributed by atoms with Crippen LogP contribution >= 0.6 is 0 Å². The molecule has 27 heavy (non-hydrogen) atoms. The standard InChI is InChI=1S/C19H23N5O3/c1-3-27-17-7-5-4-6-15(17)22-18-12-16(20-14(2)21-18)19(26)24-10-8-23(13-25)9-11-24/h4-7,12-13H,3,8-11H2,1-2H3,(H,20,21,22). The second-order valence-electron chi connectivity index (χ2n) is 6.17. The molecule has 1 aromatic heterocycles. The Balaban J connectivity index is 1.79. The van der Waals surface area contributed by atoms with Crippen LogP contribution in [0.5, 0.6) is 5.75 Å². The van der Waals surface area contributed by atoms with Crippen molar-refractivity contribution in [2.75, 3.05) is 38.1 Å². The predicted octanol–water partition coefficient (Wildman–Crippen LogP) is 1.84. The number of hydrogen-bond donors (Lipinski definition) is 1. The van der Waals surface area contributed by atoms with Gasteiger partial charge in [-0.25, -0.2) is 9.97 Å². The van der Waals surface area contributed by atoms with Gasteiger partial charge in [-0.15, -0.1) is 0 Å². The van der Waals surface area contributed by atoms with E-state index in [-0.39, 0.29) is 5.91 Å². The molecule has 142 valence electrons. The van der Waals surface area contributed by atoms with Crippen LogP contribution in [0.15, 0.2) is 30.3 Å². The number of anilines is 2. The van der Waals surface area contributed by atoms with Crippen molar-refractivity contribution in [3.63, 3.8) is 0 Å². The Bertz CT molecular complexity index is 819.